The Morgan fingerprint density at radius 1 is 1.53 bits per heavy atom. The number of anilines is 1. The van der Waals surface area contributed by atoms with Crippen LogP contribution in [-0.4, -0.2) is 46.6 Å². The monoisotopic (exact) mass is 283 g/mol. The lowest BCUT2D eigenvalue weighted by Gasteiger charge is -2.24. The van der Waals surface area contributed by atoms with E-state index < -0.39 is 5.97 Å². The van der Waals surface area contributed by atoms with Crippen LogP contribution in [0.25, 0.3) is 0 Å². The van der Waals surface area contributed by atoms with E-state index in [1.54, 1.807) is 0 Å². The molecule has 1 aromatic heterocycles. The molecule has 2 heterocycles. The van der Waals surface area contributed by atoms with E-state index in [4.69, 9.17) is 16.7 Å². The molecular formula is C13H18ClN3O2. The van der Waals surface area contributed by atoms with Crippen LogP contribution in [0.15, 0.2) is 12.1 Å². The van der Waals surface area contributed by atoms with Crippen LogP contribution in [0.1, 0.15) is 30.1 Å². The fraction of sp³-hybridized carbons (Fsp3) is 0.538. The number of pyridine rings is 1. The number of hydrogen-bond acceptors (Lipinski definition) is 4. The first kappa shape index (κ1) is 14.1. The Balaban J connectivity index is 2.01. The van der Waals surface area contributed by atoms with Crippen molar-refractivity contribution in [2.24, 2.45) is 0 Å². The molecule has 1 fully saturated rings. The number of likely N-dealkylation sites (tertiary alicyclic amines) is 1. The lowest BCUT2D eigenvalue weighted by atomic mass is 10.2. The third kappa shape index (κ3) is 3.58. The van der Waals surface area contributed by atoms with Crippen LogP contribution in [0.4, 0.5) is 5.82 Å². The van der Waals surface area contributed by atoms with Gasteiger partial charge in [-0.1, -0.05) is 11.6 Å². The summed E-state index contributed by atoms with van der Waals surface area (Å²) >= 11 is 5.81. The fourth-order valence-corrected chi connectivity index (χ4v) is 2.45. The van der Waals surface area contributed by atoms with Gasteiger partial charge in [-0.15, -0.1) is 0 Å². The van der Waals surface area contributed by atoms with Gasteiger partial charge in [0.1, 0.15) is 16.5 Å². The Morgan fingerprint density at radius 3 is 2.84 bits per heavy atom. The number of nitrogens with one attached hydrogen (secondary N) is 1. The minimum absolute atomic E-state index is 0.151. The highest BCUT2D eigenvalue weighted by Crippen LogP contribution is 2.18. The highest BCUT2D eigenvalue weighted by atomic mass is 35.5. The van der Waals surface area contributed by atoms with E-state index in [0.717, 1.165) is 13.1 Å². The number of hydrogen-bond donors (Lipinski definition) is 2. The molecular weight excluding hydrogens is 266 g/mol. The normalized spacial score (nSPS) is 17.4. The number of carbonyl (C=O) groups is 1. The maximum Gasteiger partial charge on any atom is 0.339 e. The molecule has 1 saturated heterocycles. The maximum atomic E-state index is 11.1. The predicted molar refractivity (Wildman–Crippen MR) is 75.0 cm³/mol. The molecule has 0 bridgehead atoms. The van der Waals surface area contributed by atoms with Gasteiger partial charge in [0, 0.05) is 12.6 Å². The van der Waals surface area contributed by atoms with Gasteiger partial charge in [-0.3, -0.25) is 4.90 Å². The molecule has 1 aromatic rings. The van der Waals surface area contributed by atoms with E-state index in [1.807, 2.05) is 0 Å². The first-order chi connectivity index (χ1) is 9.08. The maximum absolute atomic E-state index is 11.1. The molecule has 5 nitrogen and oxygen atoms in total. The number of carboxylic acid groups (broad SMARTS) is 1. The highest BCUT2D eigenvalue weighted by Gasteiger charge is 2.19. The predicted octanol–water partition coefficient (Wildman–Crippen LogP) is 2.33. The molecule has 0 aliphatic carbocycles. The van der Waals surface area contributed by atoms with Gasteiger partial charge in [0.2, 0.25) is 0 Å². The molecule has 0 saturated carbocycles. The Labute approximate surface area is 117 Å². The second-order valence-corrected chi connectivity index (χ2v) is 5.20. The lowest BCUT2D eigenvalue weighted by molar-refractivity contribution is 0.0697. The minimum atomic E-state index is -1.000. The van der Waals surface area contributed by atoms with Crippen LogP contribution in [0.2, 0.25) is 5.15 Å². The quantitative estimate of drug-likeness (QED) is 0.812. The third-order valence-corrected chi connectivity index (χ3v) is 3.63. The average Bonchev–Trinajstić information content (AvgIpc) is 2.89. The van der Waals surface area contributed by atoms with Gasteiger partial charge in [-0.2, -0.15) is 0 Å². The summed E-state index contributed by atoms with van der Waals surface area (Å²) in [5.74, 6) is -0.661. The van der Waals surface area contributed by atoms with Crippen molar-refractivity contribution in [1.29, 1.82) is 0 Å². The third-order valence-electron chi connectivity index (χ3n) is 3.42. The summed E-state index contributed by atoms with van der Waals surface area (Å²) in [7, 11) is 0. The molecule has 1 aliphatic rings. The van der Waals surface area contributed by atoms with Crippen LogP contribution in [0.5, 0.6) is 0 Å². The molecule has 0 amide bonds. The second kappa shape index (κ2) is 6.21. The van der Waals surface area contributed by atoms with Crippen molar-refractivity contribution in [2.45, 2.75) is 25.8 Å². The van der Waals surface area contributed by atoms with Gasteiger partial charge in [0.15, 0.2) is 0 Å². The number of rotatable bonds is 5. The Kier molecular flexibility index (Phi) is 4.61. The van der Waals surface area contributed by atoms with Gasteiger partial charge in [0.25, 0.3) is 0 Å². The molecule has 2 N–H and O–H groups in total. The highest BCUT2D eigenvalue weighted by molar-refractivity contribution is 6.29. The molecule has 1 atom stereocenters. The first-order valence-corrected chi connectivity index (χ1v) is 6.83. The van der Waals surface area contributed by atoms with Gasteiger partial charge in [0.05, 0.1) is 0 Å². The van der Waals surface area contributed by atoms with Crippen LogP contribution in [0, 0.1) is 0 Å². The van der Waals surface area contributed by atoms with E-state index in [2.05, 4.69) is 22.1 Å². The van der Waals surface area contributed by atoms with Crippen LogP contribution in [0.3, 0.4) is 0 Å². The number of aromatic nitrogens is 1. The van der Waals surface area contributed by atoms with Crippen molar-refractivity contribution >= 4 is 23.4 Å². The largest absolute Gasteiger partial charge is 0.478 e. The standard InChI is InChI=1S/C13H18ClN3O2/c1-9(17-6-2-3-7-17)8-15-12-10(13(18)19)4-5-11(14)16-12/h4-5,9H,2-3,6-8H2,1H3,(H,15,16)(H,18,19). The summed E-state index contributed by atoms with van der Waals surface area (Å²) in [6, 6.07) is 3.31. The van der Waals surface area contributed by atoms with Crippen molar-refractivity contribution < 1.29 is 9.90 Å². The molecule has 1 unspecified atom stereocenters. The van der Waals surface area contributed by atoms with Crippen molar-refractivity contribution in [2.75, 3.05) is 25.0 Å². The summed E-state index contributed by atoms with van der Waals surface area (Å²) in [5, 5.41) is 12.5. The zero-order chi connectivity index (χ0) is 13.8. The van der Waals surface area contributed by atoms with E-state index in [9.17, 15) is 4.79 Å². The molecule has 104 valence electrons. The van der Waals surface area contributed by atoms with Crippen molar-refractivity contribution in [1.82, 2.24) is 9.88 Å². The summed E-state index contributed by atoms with van der Waals surface area (Å²) in [6.45, 7) is 5.01. The van der Waals surface area contributed by atoms with Gasteiger partial charge in [-0.25, -0.2) is 9.78 Å². The van der Waals surface area contributed by atoms with E-state index in [0.29, 0.717) is 23.6 Å². The number of carboxylic acids is 1. The molecule has 19 heavy (non-hydrogen) atoms. The van der Waals surface area contributed by atoms with E-state index in [-0.39, 0.29) is 5.56 Å². The molecule has 0 aromatic carbocycles. The van der Waals surface area contributed by atoms with E-state index in [1.165, 1.54) is 25.0 Å². The van der Waals surface area contributed by atoms with Crippen LogP contribution < -0.4 is 5.32 Å². The Bertz CT molecular complexity index is 461. The van der Waals surface area contributed by atoms with Crippen LogP contribution in [-0.2, 0) is 0 Å². The summed E-state index contributed by atoms with van der Waals surface area (Å²) < 4.78 is 0. The Morgan fingerprint density at radius 2 is 2.21 bits per heavy atom. The zero-order valence-electron chi connectivity index (χ0n) is 10.9. The van der Waals surface area contributed by atoms with Gasteiger partial charge < -0.3 is 10.4 Å². The average molecular weight is 284 g/mol. The van der Waals surface area contributed by atoms with Crippen LogP contribution >= 0.6 is 11.6 Å². The first-order valence-electron chi connectivity index (χ1n) is 6.45. The number of halogens is 1. The number of aromatic carboxylic acids is 1. The second-order valence-electron chi connectivity index (χ2n) is 4.81. The molecule has 6 heteroatoms. The molecule has 0 spiro atoms. The summed E-state index contributed by atoms with van der Waals surface area (Å²) in [6.07, 6.45) is 2.47. The molecule has 1 aliphatic heterocycles. The molecule has 2 rings (SSSR count). The summed E-state index contributed by atoms with van der Waals surface area (Å²) in [4.78, 5) is 17.5. The summed E-state index contributed by atoms with van der Waals surface area (Å²) in [5.41, 5.74) is 0.151. The Hall–Kier alpha value is -1.33. The number of nitrogens with zero attached hydrogens (tertiary/aromatic N) is 2. The van der Waals surface area contributed by atoms with Crippen molar-refractivity contribution in [3.63, 3.8) is 0 Å². The minimum Gasteiger partial charge on any atom is -0.478 e. The van der Waals surface area contributed by atoms with Crippen molar-refractivity contribution in [3.8, 4) is 0 Å². The lowest BCUT2D eigenvalue weighted by Crippen LogP contribution is -2.35. The SMILES string of the molecule is CC(CNc1nc(Cl)ccc1C(=O)O)N1CCCC1. The molecule has 0 radical (unpaired) electrons. The zero-order valence-corrected chi connectivity index (χ0v) is 11.7. The fourth-order valence-electron chi connectivity index (χ4n) is 2.30. The van der Waals surface area contributed by atoms with Gasteiger partial charge in [-0.05, 0) is 45.0 Å². The van der Waals surface area contributed by atoms with Gasteiger partial charge >= 0.3 is 5.97 Å². The van der Waals surface area contributed by atoms with Crippen molar-refractivity contribution in [3.05, 3.63) is 22.8 Å². The van der Waals surface area contributed by atoms with E-state index >= 15 is 0 Å². The smallest absolute Gasteiger partial charge is 0.339 e. The topological polar surface area (TPSA) is 65.5 Å².